The number of rotatable bonds is 10. The summed E-state index contributed by atoms with van der Waals surface area (Å²) in [6.45, 7) is 11.1. The predicted octanol–water partition coefficient (Wildman–Crippen LogP) is 2.31. The van der Waals surface area contributed by atoms with Crippen molar-refractivity contribution in [1.82, 2.24) is 25.8 Å². The highest BCUT2D eigenvalue weighted by Crippen LogP contribution is 2.65. The molecule has 4 N–H and O–H groups in total. The molecule has 10 nitrogen and oxygen atoms in total. The second-order valence-electron chi connectivity index (χ2n) is 13.0. The van der Waals surface area contributed by atoms with Gasteiger partial charge in [0.15, 0.2) is 0 Å². The third-order valence-corrected chi connectivity index (χ3v) is 9.39. The number of H-pyrrole nitrogens is 1. The smallest absolute Gasteiger partial charge is 0.268 e. The zero-order valence-electron chi connectivity index (χ0n) is 24.5. The average molecular weight is 564 g/mol. The minimum Gasteiger partial charge on any atom is -0.356 e. The van der Waals surface area contributed by atoms with Gasteiger partial charge in [-0.25, -0.2) is 0 Å². The number of nitrogens with one attached hydrogen (secondary N) is 4. The fourth-order valence-electron chi connectivity index (χ4n) is 6.96. The molecule has 3 fully saturated rings. The zero-order chi connectivity index (χ0) is 29.6. The van der Waals surface area contributed by atoms with Crippen LogP contribution in [-0.2, 0) is 19.2 Å². The summed E-state index contributed by atoms with van der Waals surface area (Å²) in [6.07, 6.45) is 1.94. The topological polar surface area (TPSA) is 140 Å². The van der Waals surface area contributed by atoms with Crippen molar-refractivity contribution in [2.75, 3.05) is 13.1 Å². The summed E-state index contributed by atoms with van der Waals surface area (Å²) in [6, 6.07) is 5.23. The highest BCUT2D eigenvalue weighted by atomic mass is 16.2. The van der Waals surface area contributed by atoms with Gasteiger partial charge in [0.1, 0.15) is 24.1 Å². The molecule has 0 radical (unpaired) electrons. The SMILES string of the molecule is Cc1cccc2[nH]c(C(=O)N[C@@H](CC(C)C)C(=O)N3C[C@H]4[C@@H]([C@H]3C(=O)N[C@H](C=O)C[C@@H]3CCNC3=O)C4(C)C)cc12. The van der Waals surface area contributed by atoms with Crippen LogP contribution in [0.5, 0.6) is 0 Å². The molecule has 0 unspecified atom stereocenters. The first kappa shape index (κ1) is 28.8. The maximum atomic E-state index is 14.0. The Hall–Kier alpha value is -3.69. The molecule has 41 heavy (non-hydrogen) atoms. The standard InChI is InChI=1S/C31H41N5O5/c1-16(2)11-24(35-28(39)23-13-20-17(3)7-6-8-22(20)34-23)30(41)36-14-21-25(31(21,4)5)26(36)29(40)33-19(15-37)12-18-9-10-32-27(18)38/h6-8,13,15-16,18-19,21,24-26,34H,9-12,14H2,1-5H3,(H,32,38)(H,33,40)(H,35,39)/t18-,19-,21-,24-,25-,26-/m0/s1. The maximum absolute atomic E-state index is 14.0. The summed E-state index contributed by atoms with van der Waals surface area (Å²) < 4.78 is 0. The number of carbonyl (C=O) groups is 5. The first-order chi connectivity index (χ1) is 19.4. The lowest BCUT2D eigenvalue weighted by atomic mass is 9.96. The summed E-state index contributed by atoms with van der Waals surface area (Å²) in [7, 11) is 0. The molecule has 6 atom stereocenters. The van der Waals surface area contributed by atoms with E-state index in [-0.39, 0.29) is 59.1 Å². The van der Waals surface area contributed by atoms with Gasteiger partial charge in [-0.2, -0.15) is 0 Å². The Labute approximate surface area is 240 Å². The second-order valence-corrected chi connectivity index (χ2v) is 13.0. The molecule has 220 valence electrons. The van der Waals surface area contributed by atoms with E-state index in [1.807, 2.05) is 39.0 Å². The van der Waals surface area contributed by atoms with Crippen molar-refractivity contribution in [1.29, 1.82) is 0 Å². The fourth-order valence-corrected chi connectivity index (χ4v) is 6.96. The van der Waals surface area contributed by atoms with Gasteiger partial charge < -0.3 is 30.6 Å². The molecule has 0 bridgehead atoms. The van der Waals surface area contributed by atoms with E-state index in [1.54, 1.807) is 11.0 Å². The molecule has 10 heteroatoms. The number of benzene rings is 1. The van der Waals surface area contributed by atoms with Crippen LogP contribution in [0.3, 0.4) is 0 Å². The largest absolute Gasteiger partial charge is 0.356 e. The molecule has 3 heterocycles. The van der Waals surface area contributed by atoms with Crippen molar-refractivity contribution in [2.45, 2.75) is 72.0 Å². The van der Waals surface area contributed by atoms with E-state index in [0.29, 0.717) is 37.9 Å². The summed E-state index contributed by atoms with van der Waals surface area (Å²) in [5.74, 6) is -1.24. The lowest BCUT2D eigenvalue weighted by Crippen LogP contribution is -2.57. The molecule has 4 amide bonds. The van der Waals surface area contributed by atoms with Crippen LogP contribution in [0, 0.1) is 36.0 Å². The van der Waals surface area contributed by atoms with E-state index in [1.165, 1.54) is 0 Å². The number of aromatic nitrogens is 1. The van der Waals surface area contributed by atoms with Gasteiger partial charge in [0.05, 0.1) is 6.04 Å². The number of carbonyl (C=O) groups excluding carboxylic acids is 5. The van der Waals surface area contributed by atoms with E-state index >= 15 is 0 Å². The number of aryl methyl sites for hydroxylation is 1. The van der Waals surface area contributed by atoms with Crippen molar-refractivity contribution in [3.63, 3.8) is 0 Å². The van der Waals surface area contributed by atoms with Crippen molar-refractivity contribution in [3.05, 3.63) is 35.5 Å². The highest BCUT2D eigenvalue weighted by molar-refractivity contribution is 6.01. The molecule has 1 aliphatic carbocycles. The minimum absolute atomic E-state index is 0.0411. The van der Waals surface area contributed by atoms with E-state index < -0.39 is 18.1 Å². The Bertz CT molecular complexity index is 1380. The Morgan fingerprint density at radius 2 is 1.95 bits per heavy atom. The molecule has 3 aliphatic rings. The van der Waals surface area contributed by atoms with E-state index in [0.717, 1.165) is 16.5 Å². The number of nitrogens with zero attached hydrogens (tertiary/aromatic N) is 1. The van der Waals surface area contributed by atoms with Crippen molar-refractivity contribution < 1.29 is 24.0 Å². The molecule has 2 aliphatic heterocycles. The molecule has 1 aromatic carbocycles. The molecule has 0 spiro atoms. The van der Waals surface area contributed by atoms with Crippen LogP contribution in [-0.4, -0.2) is 71.0 Å². The van der Waals surface area contributed by atoms with Gasteiger partial charge in [-0.05, 0) is 67.1 Å². The molecule has 1 saturated carbocycles. The van der Waals surface area contributed by atoms with Crippen LogP contribution in [0.1, 0.15) is 63.0 Å². The number of aromatic amines is 1. The van der Waals surface area contributed by atoms with E-state index in [2.05, 4.69) is 34.8 Å². The van der Waals surface area contributed by atoms with Gasteiger partial charge in [0.2, 0.25) is 17.7 Å². The quantitative estimate of drug-likeness (QED) is 0.329. The molecular formula is C31H41N5O5. The number of piperidine rings is 1. The first-order valence-electron chi connectivity index (χ1n) is 14.7. The Morgan fingerprint density at radius 3 is 2.59 bits per heavy atom. The lowest BCUT2D eigenvalue weighted by Gasteiger charge is -2.34. The van der Waals surface area contributed by atoms with Gasteiger partial charge in [-0.1, -0.05) is 39.8 Å². The van der Waals surface area contributed by atoms with Crippen molar-refractivity contribution in [2.24, 2.45) is 29.1 Å². The normalized spacial score (nSPS) is 25.9. The Morgan fingerprint density at radius 1 is 1.20 bits per heavy atom. The molecular weight excluding hydrogens is 522 g/mol. The van der Waals surface area contributed by atoms with E-state index in [4.69, 9.17) is 0 Å². The predicted molar refractivity (Wildman–Crippen MR) is 154 cm³/mol. The number of aldehydes is 1. The van der Waals surface area contributed by atoms with Gasteiger partial charge in [-0.3, -0.25) is 19.2 Å². The fraction of sp³-hybridized carbons (Fsp3) is 0.581. The summed E-state index contributed by atoms with van der Waals surface area (Å²) >= 11 is 0. The van der Waals surface area contributed by atoms with Crippen LogP contribution >= 0.6 is 0 Å². The third kappa shape index (κ3) is 5.48. The Balaban J connectivity index is 1.34. The summed E-state index contributed by atoms with van der Waals surface area (Å²) in [5, 5.41) is 9.48. The Kier molecular flexibility index (Phi) is 7.70. The monoisotopic (exact) mass is 563 g/mol. The van der Waals surface area contributed by atoms with Crippen LogP contribution < -0.4 is 16.0 Å². The molecule has 2 saturated heterocycles. The second kappa shape index (κ2) is 10.9. The number of fused-ring (bicyclic) bond motifs is 2. The molecule has 2 aromatic rings. The average Bonchev–Trinajstić information content (AvgIpc) is 3.43. The summed E-state index contributed by atoms with van der Waals surface area (Å²) in [4.78, 5) is 69.7. The van der Waals surface area contributed by atoms with E-state index in [9.17, 15) is 24.0 Å². The third-order valence-electron chi connectivity index (χ3n) is 9.39. The van der Waals surface area contributed by atoms with Gasteiger partial charge in [-0.15, -0.1) is 0 Å². The van der Waals surface area contributed by atoms with Gasteiger partial charge >= 0.3 is 0 Å². The number of hydrogen-bond donors (Lipinski definition) is 4. The number of hydrogen-bond acceptors (Lipinski definition) is 5. The minimum atomic E-state index is -0.814. The zero-order valence-corrected chi connectivity index (χ0v) is 24.5. The van der Waals surface area contributed by atoms with Crippen LogP contribution in [0.4, 0.5) is 0 Å². The van der Waals surface area contributed by atoms with Crippen molar-refractivity contribution >= 4 is 40.8 Å². The van der Waals surface area contributed by atoms with Gasteiger partial charge in [0, 0.05) is 29.9 Å². The first-order valence-corrected chi connectivity index (χ1v) is 14.7. The van der Waals surface area contributed by atoms with Crippen LogP contribution in [0.15, 0.2) is 24.3 Å². The lowest BCUT2D eigenvalue weighted by molar-refractivity contribution is -0.142. The van der Waals surface area contributed by atoms with Gasteiger partial charge in [0.25, 0.3) is 5.91 Å². The summed E-state index contributed by atoms with van der Waals surface area (Å²) in [5.41, 5.74) is 2.16. The maximum Gasteiger partial charge on any atom is 0.268 e. The molecule has 5 rings (SSSR count). The van der Waals surface area contributed by atoms with Crippen molar-refractivity contribution in [3.8, 4) is 0 Å². The number of likely N-dealkylation sites (tertiary alicyclic amines) is 1. The van der Waals surface area contributed by atoms with Crippen LogP contribution in [0.25, 0.3) is 10.9 Å². The molecule has 1 aromatic heterocycles. The number of amides is 4. The van der Waals surface area contributed by atoms with Crippen LogP contribution in [0.2, 0.25) is 0 Å². The highest BCUT2D eigenvalue weighted by Gasteiger charge is 2.69.